The standard InChI is InChI=1S/C22H28N2O3/c1-17(27-20-7-4-3-5-8-20)22(25)23-14-16-24-15-6-9-21(24)18-10-12-19(26-2)13-11-18/h3-5,7-8,10-13,17,21H,6,9,14-16H2,1-2H3,(H,23,25). The summed E-state index contributed by atoms with van der Waals surface area (Å²) in [6.07, 6.45) is 1.81. The summed E-state index contributed by atoms with van der Waals surface area (Å²) in [4.78, 5) is 14.7. The van der Waals surface area contributed by atoms with Crippen LogP contribution in [0.4, 0.5) is 0 Å². The molecule has 0 spiro atoms. The van der Waals surface area contributed by atoms with Crippen LogP contribution in [0.15, 0.2) is 54.6 Å². The number of rotatable bonds is 8. The first-order valence-electron chi connectivity index (χ1n) is 9.55. The van der Waals surface area contributed by atoms with Crippen molar-refractivity contribution >= 4 is 5.91 Å². The lowest BCUT2D eigenvalue weighted by atomic mass is 10.0. The van der Waals surface area contributed by atoms with E-state index in [2.05, 4.69) is 22.3 Å². The van der Waals surface area contributed by atoms with Crippen molar-refractivity contribution in [3.8, 4) is 11.5 Å². The Kier molecular flexibility index (Phi) is 6.71. The number of ether oxygens (including phenoxy) is 2. The molecule has 1 N–H and O–H groups in total. The number of methoxy groups -OCH3 is 1. The summed E-state index contributed by atoms with van der Waals surface area (Å²) in [6.45, 7) is 4.29. The predicted octanol–water partition coefficient (Wildman–Crippen LogP) is 3.42. The number of carbonyl (C=O) groups excluding carboxylic acids is 1. The van der Waals surface area contributed by atoms with Gasteiger partial charge in [0.1, 0.15) is 11.5 Å². The third-order valence-electron chi connectivity index (χ3n) is 4.99. The van der Waals surface area contributed by atoms with Gasteiger partial charge >= 0.3 is 0 Å². The molecule has 2 atom stereocenters. The SMILES string of the molecule is COc1ccc(C2CCCN2CCNC(=O)C(C)Oc2ccccc2)cc1. The van der Waals surface area contributed by atoms with Gasteiger partial charge in [-0.25, -0.2) is 0 Å². The number of likely N-dealkylation sites (tertiary alicyclic amines) is 1. The highest BCUT2D eigenvalue weighted by atomic mass is 16.5. The van der Waals surface area contributed by atoms with E-state index in [4.69, 9.17) is 9.47 Å². The maximum Gasteiger partial charge on any atom is 0.260 e. The summed E-state index contributed by atoms with van der Waals surface area (Å²) in [5.74, 6) is 1.50. The van der Waals surface area contributed by atoms with Crippen LogP contribution in [0.2, 0.25) is 0 Å². The van der Waals surface area contributed by atoms with Gasteiger partial charge in [-0.15, -0.1) is 0 Å². The number of nitrogens with one attached hydrogen (secondary N) is 1. The maximum atomic E-state index is 12.3. The van der Waals surface area contributed by atoms with Crippen molar-refractivity contribution in [3.05, 3.63) is 60.2 Å². The fourth-order valence-corrected chi connectivity index (χ4v) is 3.52. The fourth-order valence-electron chi connectivity index (χ4n) is 3.52. The van der Waals surface area contributed by atoms with E-state index in [-0.39, 0.29) is 5.91 Å². The summed E-state index contributed by atoms with van der Waals surface area (Å²) in [5.41, 5.74) is 1.31. The molecule has 0 aliphatic carbocycles. The zero-order valence-corrected chi connectivity index (χ0v) is 16.1. The summed E-state index contributed by atoms with van der Waals surface area (Å²) in [5, 5.41) is 2.99. The molecule has 0 saturated carbocycles. The fraction of sp³-hybridized carbons (Fsp3) is 0.409. The molecule has 5 nitrogen and oxygen atoms in total. The molecule has 1 aliphatic heterocycles. The van der Waals surface area contributed by atoms with Crippen LogP contribution in [0.25, 0.3) is 0 Å². The topological polar surface area (TPSA) is 50.8 Å². The molecule has 1 fully saturated rings. The van der Waals surface area contributed by atoms with Gasteiger partial charge < -0.3 is 14.8 Å². The van der Waals surface area contributed by atoms with Gasteiger partial charge in [-0.1, -0.05) is 30.3 Å². The number of nitrogens with zero attached hydrogens (tertiary/aromatic N) is 1. The molecule has 2 aromatic rings. The molecule has 144 valence electrons. The van der Waals surface area contributed by atoms with Gasteiger partial charge in [0.05, 0.1) is 7.11 Å². The van der Waals surface area contributed by atoms with Crippen molar-refractivity contribution in [2.45, 2.75) is 31.9 Å². The van der Waals surface area contributed by atoms with E-state index in [1.807, 2.05) is 42.5 Å². The van der Waals surface area contributed by atoms with Crippen molar-refractivity contribution in [3.63, 3.8) is 0 Å². The van der Waals surface area contributed by atoms with Crippen LogP contribution in [0.3, 0.4) is 0 Å². The summed E-state index contributed by atoms with van der Waals surface area (Å²) in [7, 11) is 1.68. The van der Waals surface area contributed by atoms with Crippen LogP contribution in [-0.4, -0.2) is 43.7 Å². The van der Waals surface area contributed by atoms with Crippen LogP contribution >= 0.6 is 0 Å². The highest BCUT2D eigenvalue weighted by Crippen LogP contribution is 2.32. The average molecular weight is 368 g/mol. The largest absolute Gasteiger partial charge is 0.497 e. The van der Waals surface area contributed by atoms with E-state index in [9.17, 15) is 4.79 Å². The highest BCUT2D eigenvalue weighted by molar-refractivity contribution is 5.80. The van der Waals surface area contributed by atoms with Crippen LogP contribution < -0.4 is 14.8 Å². The maximum absolute atomic E-state index is 12.3. The minimum Gasteiger partial charge on any atom is -0.497 e. The lowest BCUT2D eigenvalue weighted by Gasteiger charge is -2.25. The van der Waals surface area contributed by atoms with Gasteiger partial charge in [0, 0.05) is 19.1 Å². The van der Waals surface area contributed by atoms with Gasteiger partial charge in [0.15, 0.2) is 6.10 Å². The number of benzene rings is 2. The third-order valence-corrected chi connectivity index (χ3v) is 4.99. The zero-order valence-electron chi connectivity index (χ0n) is 16.1. The number of hydrogen-bond acceptors (Lipinski definition) is 4. The van der Waals surface area contributed by atoms with E-state index >= 15 is 0 Å². The molecule has 2 unspecified atom stereocenters. The minimum absolute atomic E-state index is 0.0842. The first-order chi connectivity index (χ1) is 13.2. The smallest absolute Gasteiger partial charge is 0.260 e. The highest BCUT2D eigenvalue weighted by Gasteiger charge is 2.25. The van der Waals surface area contributed by atoms with Crippen molar-refractivity contribution in [1.29, 1.82) is 0 Å². The number of hydrogen-bond donors (Lipinski definition) is 1. The molecule has 1 heterocycles. The molecule has 1 saturated heterocycles. The van der Waals surface area contributed by atoms with Gasteiger partial charge in [-0.2, -0.15) is 0 Å². The molecule has 0 radical (unpaired) electrons. The second-order valence-electron chi connectivity index (χ2n) is 6.83. The Balaban J connectivity index is 1.46. The summed E-state index contributed by atoms with van der Waals surface area (Å²) < 4.78 is 10.9. The first kappa shape index (κ1) is 19.2. The Bertz CT molecular complexity index is 718. The monoisotopic (exact) mass is 368 g/mol. The van der Waals surface area contributed by atoms with E-state index in [0.29, 0.717) is 18.3 Å². The Morgan fingerprint density at radius 3 is 2.59 bits per heavy atom. The van der Waals surface area contributed by atoms with Crippen molar-refractivity contribution in [2.75, 3.05) is 26.7 Å². The minimum atomic E-state index is -0.511. The van der Waals surface area contributed by atoms with E-state index < -0.39 is 6.10 Å². The molecule has 3 rings (SSSR count). The number of para-hydroxylation sites is 1. The molecule has 1 amide bonds. The van der Waals surface area contributed by atoms with Crippen molar-refractivity contribution < 1.29 is 14.3 Å². The quantitative estimate of drug-likeness (QED) is 0.776. The van der Waals surface area contributed by atoms with E-state index in [1.165, 1.54) is 12.0 Å². The van der Waals surface area contributed by atoms with Crippen LogP contribution in [-0.2, 0) is 4.79 Å². The van der Waals surface area contributed by atoms with Crippen LogP contribution in [0.5, 0.6) is 11.5 Å². The molecule has 1 aliphatic rings. The Morgan fingerprint density at radius 2 is 1.89 bits per heavy atom. The van der Waals surface area contributed by atoms with Gasteiger partial charge in [0.2, 0.25) is 0 Å². The van der Waals surface area contributed by atoms with Gasteiger partial charge in [-0.05, 0) is 56.1 Å². The third kappa shape index (κ3) is 5.23. The Hall–Kier alpha value is -2.53. The average Bonchev–Trinajstić information content (AvgIpc) is 3.17. The second-order valence-corrected chi connectivity index (χ2v) is 6.83. The van der Waals surface area contributed by atoms with Crippen LogP contribution in [0, 0.1) is 0 Å². The normalized spacial score (nSPS) is 18.1. The van der Waals surface area contributed by atoms with Crippen LogP contribution in [0.1, 0.15) is 31.4 Å². The number of amides is 1. The number of carbonyl (C=O) groups is 1. The lowest BCUT2D eigenvalue weighted by Crippen LogP contribution is -2.40. The molecule has 27 heavy (non-hydrogen) atoms. The van der Waals surface area contributed by atoms with Gasteiger partial charge in [-0.3, -0.25) is 9.69 Å². The zero-order chi connectivity index (χ0) is 19.1. The lowest BCUT2D eigenvalue weighted by molar-refractivity contribution is -0.127. The summed E-state index contributed by atoms with van der Waals surface area (Å²) >= 11 is 0. The molecule has 0 bridgehead atoms. The van der Waals surface area contributed by atoms with E-state index in [0.717, 1.165) is 25.3 Å². The Morgan fingerprint density at radius 1 is 1.15 bits per heavy atom. The molecule has 2 aromatic carbocycles. The van der Waals surface area contributed by atoms with Gasteiger partial charge in [0.25, 0.3) is 5.91 Å². The molecule has 0 aromatic heterocycles. The predicted molar refractivity (Wildman–Crippen MR) is 106 cm³/mol. The van der Waals surface area contributed by atoms with Crippen molar-refractivity contribution in [1.82, 2.24) is 10.2 Å². The Labute approximate surface area is 161 Å². The molecule has 5 heteroatoms. The van der Waals surface area contributed by atoms with E-state index in [1.54, 1.807) is 14.0 Å². The summed E-state index contributed by atoms with van der Waals surface area (Å²) in [6, 6.07) is 18.1. The first-order valence-corrected chi connectivity index (χ1v) is 9.55. The second kappa shape index (κ2) is 9.42. The molecular weight excluding hydrogens is 340 g/mol. The van der Waals surface area contributed by atoms with Crippen molar-refractivity contribution in [2.24, 2.45) is 0 Å². The molecular formula is C22H28N2O3.